The monoisotopic (exact) mass is 302 g/mol. The molecular weight excluding hydrogens is 284 g/mol. The maximum atomic E-state index is 12.6. The molecule has 23 heavy (non-hydrogen) atoms. The second-order valence-corrected chi connectivity index (χ2v) is 5.44. The van der Waals surface area contributed by atoms with Gasteiger partial charge in [-0.25, -0.2) is 0 Å². The van der Waals surface area contributed by atoms with E-state index in [1.54, 1.807) is 6.20 Å². The Bertz CT molecular complexity index is 746. The summed E-state index contributed by atoms with van der Waals surface area (Å²) in [6.07, 6.45) is 1.74. The van der Waals surface area contributed by atoms with Crippen molar-refractivity contribution < 1.29 is 4.79 Å². The lowest BCUT2D eigenvalue weighted by atomic mass is 10.0. The van der Waals surface area contributed by atoms with Gasteiger partial charge in [-0.05, 0) is 36.8 Å². The zero-order chi connectivity index (χ0) is 16.1. The van der Waals surface area contributed by atoms with Crippen LogP contribution in [-0.2, 0) is 0 Å². The van der Waals surface area contributed by atoms with Crippen molar-refractivity contribution in [3.05, 3.63) is 101 Å². The fraction of sp³-hybridized carbons (Fsp3) is 0.100. The Morgan fingerprint density at radius 1 is 0.957 bits per heavy atom. The summed E-state index contributed by atoms with van der Waals surface area (Å²) >= 11 is 0. The van der Waals surface area contributed by atoms with Crippen molar-refractivity contribution in [3.63, 3.8) is 0 Å². The van der Waals surface area contributed by atoms with Crippen LogP contribution in [0.15, 0.2) is 79.0 Å². The summed E-state index contributed by atoms with van der Waals surface area (Å²) in [7, 11) is 0. The highest BCUT2D eigenvalue weighted by Crippen LogP contribution is 2.20. The predicted molar refractivity (Wildman–Crippen MR) is 91.2 cm³/mol. The molecule has 1 heterocycles. The minimum Gasteiger partial charge on any atom is -0.340 e. The van der Waals surface area contributed by atoms with Crippen molar-refractivity contribution in [2.45, 2.75) is 13.0 Å². The highest BCUT2D eigenvalue weighted by molar-refractivity contribution is 5.94. The average Bonchev–Trinajstić information content (AvgIpc) is 2.61. The number of rotatable bonds is 4. The van der Waals surface area contributed by atoms with Gasteiger partial charge in [0.15, 0.2) is 0 Å². The van der Waals surface area contributed by atoms with E-state index in [1.807, 2.05) is 79.7 Å². The second-order valence-electron chi connectivity index (χ2n) is 5.44. The first kappa shape index (κ1) is 15.0. The lowest BCUT2D eigenvalue weighted by molar-refractivity contribution is 0.0942. The summed E-state index contributed by atoms with van der Waals surface area (Å²) < 4.78 is 0. The zero-order valence-corrected chi connectivity index (χ0v) is 12.9. The van der Waals surface area contributed by atoms with Crippen LogP contribution < -0.4 is 5.32 Å². The van der Waals surface area contributed by atoms with Crippen molar-refractivity contribution in [3.8, 4) is 0 Å². The molecule has 0 aliphatic carbocycles. The van der Waals surface area contributed by atoms with Crippen molar-refractivity contribution in [1.82, 2.24) is 10.3 Å². The number of nitrogens with one attached hydrogen (secondary N) is 1. The number of aryl methyl sites for hydroxylation is 1. The van der Waals surface area contributed by atoms with Gasteiger partial charge >= 0.3 is 0 Å². The molecule has 0 bridgehead atoms. The van der Waals surface area contributed by atoms with Gasteiger partial charge in [0.25, 0.3) is 5.91 Å². The van der Waals surface area contributed by atoms with Crippen molar-refractivity contribution in [1.29, 1.82) is 0 Å². The summed E-state index contributed by atoms with van der Waals surface area (Å²) in [5.41, 5.74) is 3.54. The van der Waals surface area contributed by atoms with Crippen molar-refractivity contribution >= 4 is 5.91 Å². The summed E-state index contributed by atoms with van der Waals surface area (Å²) in [6, 6.07) is 22.9. The van der Waals surface area contributed by atoms with Gasteiger partial charge in [0, 0.05) is 11.8 Å². The average molecular weight is 302 g/mol. The molecule has 1 N–H and O–H groups in total. The van der Waals surface area contributed by atoms with Crippen LogP contribution in [0.3, 0.4) is 0 Å². The van der Waals surface area contributed by atoms with Crippen LogP contribution in [0.4, 0.5) is 0 Å². The van der Waals surface area contributed by atoms with Crippen LogP contribution in [-0.4, -0.2) is 10.9 Å². The van der Waals surface area contributed by atoms with Gasteiger partial charge < -0.3 is 5.32 Å². The van der Waals surface area contributed by atoms with E-state index in [2.05, 4.69) is 10.3 Å². The SMILES string of the molecule is Cc1cccc(C(=O)NC(c2ccccc2)c2ccccn2)c1. The third-order valence-corrected chi connectivity index (χ3v) is 3.67. The molecule has 3 rings (SSSR count). The predicted octanol–water partition coefficient (Wildman–Crippen LogP) is 3.91. The number of amides is 1. The van der Waals surface area contributed by atoms with Gasteiger partial charge in [-0.1, -0.05) is 54.1 Å². The van der Waals surface area contributed by atoms with Gasteiger partial charge in [0.05, 0.1) is 11.7 Å². The van der Waals surface area contributed by atoms with E-state index in [1.165, 1.54) is 0 Å². The summed E-state index contributed by atoms with van der Waals surface area (Å²) in [5, 5.41) is 3.09. The van der Waals surface area contributed by atoms with Gasteiger partial charge in [-0.2, -0.15) is 0 Å². The van der Waals surface area contributed by atoms with Crippen LogP contribution in [0, 0.1) is 6.92 Å². The minimum absolute atomic E-state index is 0.104. The smallest absolute Gasteiger partial charge is 0.252 e. The maximum Gasteiger partial charge on any atom is 0.252 e. The molecule has 0 saturated carbocycles. The third-order valence-electron chi connectivity index (χ3n) is 3.67. The molecule has 1 aromatic heterocycles. The molecule has 0 fully saturated rings. The maximum absolute atomic E-state index is 12.6. The van der Waals surface area contributed by atoms with E-state index >= 15 is 0 Å². The number of benzene rings is 2. The molecule has 1 unspecified atom stereocenters. The van der Waals surface area contributed by atoms with Crippen LogP contribution >= 0.6 is 0 Å². The Labute approximate surface area is 136 Å². The fourth-order valence-corrected chi connectivity index (χ4v) is 2.52. The number of nitrogens with zero attached hydrogens (tertiary/aromatic N) is 1. The van der Waals surface area contributed by atoms with E-state index in [9.17, 15) is 4.79 Å². The molecule has 3 aromatic rings. The number of carbonyl (C=O) groups excluding carboxylic acids is 1. The van der Waals surface area contributed by atoms with Crippen LogP contribution in [0.5, 0.6) is 0 Å². The van der Waals surface area contributed by atoms with Gasteiger partial charge in [0.2, 0.25) is 0 Å². The standard InChI is InChI=1S/C20H18N2O/c1-15-8-7-11-17(14-15)20(23)22-19(16-9-3-2-4-10-16)18-12-5-6-13-21-18/h2-14,19H,1H3,(H,22,23). The number of carbonyl (C=O) groups is 1. The quantitative estimate of drug-likeness (QED) is 0.794. The highest BCUT2D eigenvalue weighted by atomic mass is 16.1. The van der Waals surface area contributed by atoms with Gasteiger partial charge in [-0.3, -0.25) is 9.78 Å². The van der Waals surface area contributed by atoms with E-state index < -0.39 is 0 Å². The molecule has 1 amide bonds. The third kappa shape index (κ3) is 3.64. The second kappa shape index (κ2) is 6.88. The number of pyridine rings is 1. The molecule has 2 aromatic carbocycles. The molecular formula is C20H18N2O. The van der Waals surface area contributed by atoms with Crippen LogP contribution in [0.25, 0.3) is 0 Å². The molecule has 0 saturated heterocycles. The topological polar surface area (TPSA) is 42.0 Å². The first-order chi connectivity index (χ1) is 11.2. The van der Waals surface area contributed by atoms with E-state index in [0.29, 0.717) is 5.56 Å². The van der Waals surface area contributed by atoms with Gasteiger partial charge in [-0.15, -0.1) is 0 Å². The molecule has 3 nitrogen and oxygen atoms in total. The van der Waals surface area contributed by atoms with E-state index in [4.69, 9.17) is 0 Å². The number of hydrogen-bond donors (Lipinski definition) is 1. The fourth-order valence-electron chi connectivity index (χ4n) is 2.52. The van der Waals surface area contributed by atoms with Crippen molar-refractivity contribution in [2.24, 2.45) is 0 Å². The summed E-state index contributed by atoms with van der Waals surface area (Å²) in [5.74, 6) is -0.104. The molecule has 1 atom stereocenters. The Morgan fingerprint density at radius 3 is 2.43 bits per heavy atom. The minimum atomic E-state index is -0.273. The largest absolute Gasteiger partial charge is 0.340 e. The van der Waals surface area contributed by atoms with Gasteiger partial charge in [0.1, 0.15) is 0 Å². The Morgan fingerprint density at radius 2 is 1.74 bits per heavy atom. The Kier molecular flexibility index (Phi) is 4.48. The molecule has 0 aliphatic rings. The molecule has 0 radical (unpaired) electrons. The highest BCUT2D eigenvalue weighted by Gasteiger charge is 2.18. The first-order valence-corrected chi connectivity index (χ1v) is 7.57. The number of aromatic nitrogens is 1. The Hall–Kier alpha value is -2.94. The van der Waals surface area contributed by atoms with E-state index in [-0.39, 0.29) is 11.9 Å². The summed E-state index contributed by atoms with van der Waals surface area (Å²) in [6.45, 7) is 1.98. The van der Waals surface area contributed by atoms with Crippen LogP contribution in [0.2, 0.25) is 0 Å². The number of hydrogen-bond acceptors (Lipinski definition) is 2. The van der Waals surface area contributed by atoms with Crippen LogP contribution in [0.1, 0.15) is 33.2 Å². The zero-order valence-electron chi connectivity index (χ0n) is 12.9. The first-order valence-electron chi connectivity index (χ1n) is 7.57. The molecule has 0 spiro atoms. The molecule has 0 aliphatic heterocycles. The van der Waals surface area contributed by atoms with E-state index in [0.717, 1.165) is 16.8 Å². The van der Waals surface area contributed by atoms with Crippen molar-refractivity contribution in [2.75, 3.05) is 0 Å². The lowest BCUT2D eigenvalue weighted by Gasteiger charge is -2.19. The summed E-state index contributed by atoms with van der Waals surface area (Å²) in [4.78, 5) is 17.0. The Balaban J connectivity index is 1.92. The lowest BCUT2D eigenvalue weighted by Crippen LogP contribution is -2.29. The normalized spacial score (nSPS) is 11.7. The molecule has 3 heteroatoms. The molecule has 114 valence electrons.